The summed E-state index contributed by atoms with van der Waals surface area (Å²) in [6.07, 6.45) is 5.72. The Morgan fingerprint density at radius 3 is 2.53 bits per heavy atom. The molecule has 0 aromatic carbocycles. The number of nitrogens with two attached hydrogens (primary N) is 1. The van der Waals surface area contributed by atoms with Crippen molar-refractivity contribution in [3.8, 4) is 0 Å². The topological polar surface area (TPSA) is 38.9 Å². The van der Waals surface area contributed by atoms with E-state index in [0.29, 0.717) is 15.6 Å². The zero-order valence-electron chi connectivity index (χ0n) is 9.55. The molecule has 0 aliphatic rings. The summed E-state index contributed by atoms with van der Waals surface area (Å²) in [5.41, 5.74) is 6.76. The first kappa shape index (κ1) is 17.3. The Morgan fingerprint density at radius 1 is 1.29 bits per heavy atom. The average molecular weight is 318 g/mol. The van der Waals surface area contributed by atoms with Crippen molar-refractivity contribution in [2.75, 3.05) is 0 Å². The van der Waals surface area contributed by atoms with Gasteiger partial charge in [0.05, 0.1) is 10.0 Å². The van der Waals surface area contributed by atoms with Gasteiger partial charge in [-0.15, -0.1) is 12.4 Å². The molecule has 0 saturated heterocycles. The van der Waals surface area contributed by atoms with Gasteiger partial charge in [0.15, 0.2) is 0 Å². The third kappa shape index (κ3) is 4.80. The molecule has 6 heteroatoms. The van der Waals surface area contributed by atoms with Crippen LogP contribution >= 0.6 is 47.2 Å². The van der Waals surface area contributed by atoms with Crippen LogP contribution in [-0.2, 0) is 0 Å². The normalized spacial score (nSPS) is 12.1. The minimum absolute atomic E-state index is 0. The fraction of sp³-hybridized carbons (Fsp3) is 0.545. The summed E-state index contributed by atoms with van der Waals surface area (Å²) in [5, 5.41) is 1.11. The first-order valence-corrected chi connectivity index (χ1v) is 6.46. The molecule has 1 heterocycles. The van der Waals surface area contributed by atoms with Crippen molar-refractivity contribution < 1.29 is 0 Å². The van der Waals surface area contributed by atoms with Gasteiger partial charge in [-0.2, -0.15) is 0 Å². The van der Waals surface area contributed by atoms with Gasteiger partial charge in [-0.3, -0.25) is 0 Å². The van der Waals surface area contributed by atoms with E-state index in [2.05, 4.69) is 11.9 Å². The maximum Gasteiger partial charge on any atom is 0.148 e. The predicted octanol–water partition coefficient (Wildman–Crippen LogP) is 5.04. The van der Waals surface area contributed by atoms with Crippen molar-refractivity contribution in [3.63, 3.8) is 0 Å². The number of nitrogens with zero attached hydrogens (tertiary/aromatic N) is 1. The van der Waals surface area contributed by atoms with Gasteiger partial charge >= 0.3 is 0 Å². The number of hydrogen-bond donors (Lipinski definition) is 1. The van der Waals surface area contributed by atoms with Crippen molar-refractivity contribution in [3.05, 3.63) is 27.0 Å². The van der Waals surface area contributed by atoms with E-state index < -0.39 is 0 Å². The van der Waals surface area contributed by atoms with E-state index in [-0.39, 0.29) is 23.6 Å². The van der Waals surface area contributed by atoms with E-state index in [0.717, 1.165) is 25.7 Å². The lowest BCUT2D eigenvalue weighted by Gasteiger charge is -2.15. The Morgan fingerprint density at radius 2 is 1.94 bits per heavy atom. The number of pyridine rings is 1. The van der Waals surface area contributed by atoms with Crippen LogP contribution in [0.2, 0.25) is 15.2 Å². The minimum atomic E-state index is -0.174. The molecule has 0 amide bonds. The monoisotopic (exact) mass is 316 g/mol. The maximum absolute atomic E-state index is 6.05. The molecule has 2 nitrogen and oxygen atoms in total. The van der Waals surface area contributed by atoms with Crippen molar-refractivity contribution in [2.24, 2.45) is 5.73 Å². The molecule has 1 rings (SSSR count). The largest absolute Gasteiger partial charge is 0.324 e. The van der Waals surface area contributed by atoms with Gasteiger partial charge in [0, 0.05) is 17.8 Å². The molecule has 0 radical (unpaired) electrons. The smallest absolute Gasteiger partial charge is 0.148 e. The SMILES string of the molecule is CCCCC[C@H](N)c1c(Cl)cnc(Cl)c1Cl.Cl. The molecule has 0 unspecified atom stereocenters. The summed E-state index contributed by atoms with van der Waals surface area (Å²) in [4.78, 5) is 3.86. The molecule has 2 N–H and O–H groups in total. The Labute approximate surface area is 123 Å². The lowest BCUT2D eigenvalue weighted by Crippen LogP contribution is -2.12. The summed E-state index contributed by atoms with van der Waals surface area (Å²) < 4.78 is 0. The van der Waals surface area contributed by atoms with E-state index in [4.69, 9.17) is 40.5 Å². The van der Waals surface area contributed by atoms with Crippen LogP contribution in [0.15, 0.2) is 6.20 Å². The van der Waals surface area contributed by atoms with Gasteiger partial charge in [-0.25, -0.2) is 4.98 Å². The third-order valence-corrected chi connectivity index (χ3v) is 3.52. The standard InChI is InChI=1S/C11H15Cl3N2.ClH/c1-2-3-4-5-8(15)9-7(12)6-16-11(14)10(9)13;/h6,8H,2-5,15H2,1H3;1H/t8-;/m0./s1. The highest BCUT2D eigenvalue weighted by Gasteiger charge is 2.17. The van der Waals surface area contributed by atoms with Gasteiger partial charge in [0.2, 0.25) is 0 Å². The Bertz CT molecular complexity index is 358. The molecule has 1 atom stereocenters. The van der Waals surface area contributed by atoms with Crippen LogP contribution in [0.25, 0.3) is 0 Å². The number of unbranched alkanes of at least 4 members (excludes halogenated alkanes) is 2. The van der Waals surface area contributed by atoms with E-state index in [1.807, 2.05) is 0 Å². The Kier molecular flexibility index (Phi) is 8.52. The highest BCUT2D eigenvalue weighted by Crippen LogP contribution is 2.34. The summed E-state index contributed by atoms with van der Waals surface area (Å²) in [6, 6.07) is -0.174. The summed E-state index contributed by atoms with van der Waals surface area (Å²) in [6.45, 7) is 2.15. The van der Waals surface area contributed by atoms with Crippen molar-refractivity contribution >= 4 is 47.2 Å². The van der Waals surface area contributed by atoms with Crippen molar-refractivity contribution in [1.82, 2.24) is 4.98 Å². The molecule has 0 aliphatic heterocycles. The molecule has 1 aromatic rings. The number of hydrogen-bond acceptors (Lipinski definition) is 2. The van der Waals surface area contributed by atoms with Gasteiger partial charge in [0.25, 0.3) is 0 Å². The molecule has 98 valence electrons. The molecule has 1 aromatic heterocycles. The van der Waals surface area contributed by atoms with Crippen molar-refractivity contribution in [2.45, 2.75) is 38.6 Å². The highest BCUT2D eigenvalue weighted by molar-refractivity contribution is 6.43. The lowest BCUT2D eigenvalue weighted by molar-refractivity contribution is 0.581. The zero-order valence-corrected chi connectivity index (χ0v) is 12.6. The fourth-order valence-electron chi connectivity index (χ4n) is 1.55. The zero-order chi connectivity index (χ0) is 12.1. The van der Waals surface area contributed by atoms with Crippen LogP contribution < -0.4 is 5.73 Å². The molecular weight excluding hydrogens is 302 g/mol. The van der Waals surface area contributed by atoms with Crippen LogP contribution in [0.1, 0.15) is 44.2 Å². The average Bonchev–Trinajstić information content (AvgIpc) is 2.24. The second-order valence-electron chi connectivity index (χ2n) is 3.73. The molecule has 0 fully saturated rings. The van der Waals surface area contributed by atoms with Gasteiger partial charge in [-0.05, 0) is 6.42 Å². The molecular formula is C11H16Cl4N2. The number of halogens is 4. The van der Waals surface area contributed by atoms with Crippen LogP contribution in [-0.4, -0.2) is 4.98 Å². The molecule has 0 saturated carbocycles. The summed E-state index contributed by atoms with van der Waals surface area (Å²) in [5.74, 6) is 0. The van der Waals surface area contributed by atoms with E-state index >= 15 is 0 Å². The van der Waals surface area contributed by atoms with Gasteiger partial charge < -0.3 is 5.73 Å². The second kappa shape index (κ2) is 8.39. The predicted molar refractivity (Wildman–Crippen MR) is 77.6 cm³/mol. The van der Waals surface area contributed by atoms with Crippen LogP contribution in [0.3, 0.4) is 0 Å². The fourth-order valence-corrected chi connectivity index (χ4v) is 2.33. The van der Waals surface area contributed by atoms with Gasteiger partial charge in [0.1, 0.15) is 5.15 Å². The van der Waals surface area contributed by atoms with E-state index in [1.165, 1.54) is 6.20 Å². The molecule has 0 bridgehead atoms. The number of rotatable bonds is 5. The second-order valence-corrected chi connectivity index (χ2v) is 4.87. The lowest BCUT2D eigenvalue weighted by atomic mass is 10.0. The minimum Gasteiger partial charge on any atom is -0.324 e. The third-order valence-electron chi connectivity index (χ3n) is 2.46. The molecule has 0 spiro atoms. The summed E-state index contributed by atoms with van der Waals surface area (Å²) >= 11 is 17.9. The van der Waals surface area contributed by atoms with E-state index in [1.54, 1.807) is 0 Å². The molecule has 0 aliphatic carbocycles. The van der Waals surface area contributed by atoms with Crippen LogP contribution in [0, 0.1) is 0 Å². The first-order chi connectivity index (χ1) is 7.57. The summed E-state index contributed by atoms with van der Waals surface area (Å²) in [7, 11) is 0. The van der Waals surface area contributed by atoms with Crippen molar-refractivity contribution in [1.29, 1.82) is 0 Å². The van der Waals surface area contributed by atoms with E-state index in [9.17, 15) is 0 Å². The number of aromatic nitrogens is 1. The quantitative estimate of drug-likeness (QED) is 0.610. The first-order valence-electron chi connectivity index (χ1n) is 5.32. The van der Waals surface area contributed by atoms with Crippen LogP contribution in [0.4, 0.5) is 0 Å². The Balaban J connectivity index is 0.00000256. The van der Waals surface area contributed by atoms with Crippen LogP contribution in [0.5, 0.6) is 0 Å². The Hall–Kier alpha value is 0.270. The maximum atomic E-state index is 6.05. The highest BCUT2D eigenvalue weighted by atomic mass is 35.5. The van der Waals surface area contributed by atoms with Gasteiger partial charge in [-0.1, -0.05) is 61.0 Å². The molecule has 17 heavy (non-hydrogen) atoms.